The summed E-state index contributed by atoms with van der Waals surface area (Å²) in [6.07, 6.45) is 4.21. The summed E-state index contributed by atoms with van der Waals surface area (Å²) in [6, 6.07) is 0.534. The highest BCUT2D eigenvalue weighted by Crippen LogP contribution is 2.29. The first kappa shape index (κ1) is 7.41. The van der Waals surface area contributed by atoms with Gasteiger partial charge in [-0.15, -0.1) is 11.6 Å². The van der Waals surface area contributed by atoms with Crippen molar-refractivity contribution in [2.24, 2.45) is 0 Å². The van der Waals surface area contributed by atoms with Gasteiger partial charge in [-0.05, 0) is 19.3 Å². The molecule has 1 saturated carbocycles. The second-order valence-corrected chi connectivity index (χ2v) is 4.05. The summed E-state index contributed by atoms with van der Waals surface area (Å²) < 4.78 is 0. The lowest BCUT2D eigenvalue weighted by Crippen LogP contribution is -2.41. The Morgan fingerprint density at radius 2 is 2.18 bits per heavy atom. The normalized spacial score (nSPS) is 32.6. The van der Waals surface area contributed by atoms with Gasteiger partial charge in [-0.1, -0.05) is 0 Å². The van der Waals surface area contributed by atoms with Gasteiger partial charge in [-0.25, -0.2) is 0 Å². The van der Waals surface area contributed by atoms with Gasteiger partial charge in [-0.3, -0.25) is 4.79 Å². The van der Waals surface area contributed by atoms with E-state index in [1.807, 2.05) is 4.90 Å². The van der Waals surface area contributed by atoms with E-state index in [0.717, 1.165) is 6.54 Å². The molecule has 0 aromatic rings. The molecule has 0 aromatic carbocycles. The van der Waals surface area contributed by atoms with Crippen molar-refractivity contribution in [1.82, 2.24) is 4.90 Å². The van der Waals surface area contributed by atoms with E-state index in [1.54, 1.807) is 0 Å². The van der Waals surface area contributed by atoms with Gasteiger partial charge in [-0.2, -0.15) is 0 Å². The van der Waals surface area contributed by atoms with Crippen LogP contribution >= 0.6 is 11.6 Å². The van der Waals surface area contributed by atoms with E-state index in [0.29, 0.717) is 12.5 Å². The van der Waals surface area contributed by atoms with E-state index < -0.39 is 0 Å². The van der Waals surface area contributed by atoms with Crippen LogP contribution in [0.25, 0.3) is 0 Å². The highest BCUT2D eigenvalue weighted by Gasteiger charge is 2.35. The summed E-state index contributed by atoms with van der Waals surface area (Å²) in [6.45, 7) is 0.783. The zero-order valence-corrected chi connectivity index (χ0v) is 7.18. The largest absolute Gasteiger partial charge is 0.338 e. The zero-order chi connectivity index (χ0) is 7.84. The quantitative estimate of drug-likeness (QED) is 0.549. The molecule has 1 aliphatic heterocycles. The summed E-state index contributed by atoms with van der Waals surface area (Å²) in [5.74, 6) is 0.259. The topological polar surface area (TPSA) is 20.3 Å². The Hall–Kier alpha value is -0.240. The smallest absolute Gasteiger partial charge is 0.224 e. The minimum absolute atomic E-state index is 0.0723. The molecule has 0 aromatic heterocycles. The summed E-state index contributed by atoms with van der Waals surface area (Å²) in [5, 5.41) is 0.0723. The second kappa shape index (κ2) is 2.67. The number of likely N-dealkylation sites (tertiary alicyclic amines) is 1. The highest BCUT2D eigenvalue weighted by molar-refractivity contribution is 6.22. The van der Waals surface area contributed by atoms with Crippen LogP contribution in [0.1, 0.15) is 25.7 Å². The number of carbonyl (C=O) groups excluding carboxylic acids is 1. The van der Waals surface area contributed by atoms with Gasteiger partial charge in [0.2, 0.25) is 5.91 Å². The van der Waals surface area contributed by atoms with Crippen LogP contribution in [-0.4, -0.2) is 28.8 Å². The first-order chi connectivity index (χ1) is 5.27. The molecular weight excluding hydrogens is 162 g/mol. The van der Waals surface area contributed by atoms with Crippen molar-refractivity contribution in [1.29, 1.82) is 0 Å². The monoisotopic (exact) mass is 173 g/mol. The fourth-order valence-electron chi connectivity index (χ4n) is 1.74. The molecule has 1 amide bonds. The summed E-state index contributed by atoms with van der Waals surface area (Å²) in [7, 11) is 0. The maximum absolute atomic E-state index is 11.3. The number of amides is 1. The third kappa shape index (κ3) is 1.24. The van der Waals surface area contributed by atoms with Crippen LogP contribution in [0.4, 0.5) is 0 Å². The Balaban J connectivity index is 1.97. The van der Waals surface area contributed by atoms with Crippen LogP contribution in [0, 0.1) is 0 Å². The number of halogens is 1. The first-order valence-corrected chi connectivity index (χ1v) is 4.64. The Kier molecular flexibility index (Phi) is 1.80. The molecule has 0 spiro atoms. The minimum atomic E-state index is 0.0723. The minimum Gasteiger partial charge on any atom is -0.338 e. The molecule has 3 heteroatoms. The lowest BCUT2D eigenvalue weighted by atomic mass is 9.92. The van der Waals surface area contributed by atoms with E-state index >= 15 is 0 Å². The van der Waals surface area contributed by atoms with Crippen molar-refractivity contribution in [2.45, 2.75) is 37.1 Å². The van der Waals surface area contributed by atoms with Gasteiger partial charge in [0.25, 0.3) is 0 Å². The van der Waals surface area contributed by atoms with E-state index in [1.165, 1.54) is 19.3 Å². The Labute approximate surface area is 71.5 Å². The maximum atomic E-state index is 11.3. The van der Waals surface area contributed by atoms with Crippen LogP contribution < -0.4 is 0 Å². The van der Waals surface area contributed by atoms with E-state index in [4.69, 9.17) is 11.6 Å². The summed E-state index contributed by atoms with van der Waals surface area (Å²) in [5.41, 5.74) is 0. The van der Waals surface area contributed by atoms with Crippen LogP contribution in [0.5, 0.6) is 0 Å². The predicted octanol–water partition coefficient (Wildman–Crippen LogP) is 1.38. The average Bonchev–Trinajstić information content (AvgIpc) is 2.07. The van der Waals surface area contributed by atoms with Crippen molar-refractivity contribution >= 4 is 17.5 Å². The molecule has 1 atom stereocenters. The third-order valence-electron chi connectivity index (χ3n) is 2.63. The van der Waals surface area contributed by atoms with Gasteiger partial charge < -0.3 is 4.90 Å². The number of hydrogen-bond donors (Lipinski definition) is 0. The Morgan fingerprint density at radius 1 is 1.45 bits per heavy atom. The van der Waals surface area contributed by atoms with E-state index in [-0.39, 0.29) is 11.3 Å². The number of hydrogen-bond acceptors (Lipinski definition) is 1. The highest BCUT2D eigenvalue weighted by atomic mass is 35.5. The maximum Gasteiger partial charge on any atom is 0.224 e. The predicted molar refractivity (Wildman–Crippen MR) is 43.6 cm³/mol. The Bertz CT molecular complexity index is 179. The van der Waals surface area contributed by atoms with Gasteiger partial charge in [0, 0.05) is 19.0 Å². The molecule has 1 saturated heterocycles. The van der Waals surface area contributed by atoms with Crippen molar-refractivity contribution in [2.75, 3.05) is 6.54 Å². The molecule has 2 rings (SSSR count). The van der Waals surface area contributed by atoms with Gasteiger partial charge in [0.15, 0.2) is 0 Å². The molecule has 1 aliphatic carbocycles. The van der Waals surface area contributed by atoms with Crippen molar-refractivity contribution in [3.8, 4) is 0 Å². The average molecular weight is 174 g/mol. The molecule has 2 fully saturated rings. The molecule has 11 heavy (non-hydrogen) atoms. The zero-order valence-electron chi connectivity index (χ0n) is 6.42. The second-order valence-electron chi connectivity index (χ2n) is 3.43. The fraction of sp³-hybridized carbons (Fsp3) is 0.875. The molecule has 0 N–H and O–H groups in total. The molecule has 2 nitrogen and oxygen atoms in total. The molecule has 2 aliphatic rings. The lowest BCUT2D eigenvalue weighted by Gasteiger charge is -2.34. The van der Waals surface area contributed by atoms with E-state index in [2.05, 4.69) is 0 Å². The molecule has 0 radical (unpaired) electrons. The molecular formula is C8H12ClNO. The molecule has 0 bridgehead atoms. The summed E-state index contributed by atoms with van der Waals surface area (Å²) in [4.78, 5) is 13.2. The van der Waals surface area contributed by atoms with Gasteiger partial charge >= 0.3 is 0 Å². The number of rotatable bonds is 1. The van der Waals surface area contributed by atoms with Crippen LogP contribution in [0.2, 0.25) is 0 Å². The first-order valence-electron chi connectivity index (χ1n) is 4.21. The number of nitrogens with zero attached hydrogens (tertiary/aromatic N) is 1. The van der Waals surface area contributed by atoms with Crippen molar-refractivity contribution in [3.63, 3.8) is 0 Å². The third-order valence-corrected chi connectivity index (χ3v) is 2.92. The lowest BCUT2D eigenvalue weighted by molar-refractivity contribution is -0.131. The van der Waals surface area contributed by atoms with Gasteiger partial charge in [0.1, 0.15) is 0 Å². The fourth-order valence-corrected chi connectivity index (χ4v) is 2.02. The van der Waals surface area contributed by atoms with Crippen molar-refractivity contribution < 1.29 is 4.79 Å². The van der Waals surface area contributed by atoms with Crippen molar-refractivity contribution in [3.05, 3.63) is 0 Å². The number of carbonyl (C=O) groups is 1. The summed E-state index contributed by atoms with van der Waals surface area (Å²) >= 11 is 5.86. The molecule has 62 valence electrons. The number of alkyl halides is 1. The standard InChI is InChI=1S/C8H12ClNO/c9-6-4-8(11)10(5-6)7-2-1-3-7/h6-7H,1-5H2. The van der Waals surface area contributed by atoms with Gasteiger partial charge in [0.05, 0.1) is 5.38 Å². The SMILES string of the molecule is O=C1CC(Cl)CN1C1CCC1. The van der Waals surface area contributed by atoms with Crippen LogP contribution in [-0.2, 0) is 4.79 Å². The Morgan fingerprint density at radius 3 is 2.55 bits per heavy atom. The molecule has 1 heterocycles. The van der Waals surface area contributed by atoms with E-state index in [9.17, 15) is 4.79 Å². The molecule has 1 unspecified atom stereocenters. The van der Waals surface area contributed by atoms with Crippen LogP contribution in [0.15, 0.2) is 0 Å². The van der Waals surface area contributed by atoms with Crippen LogP contribution in [0.3, 0.4) is 0 Å².